The van der Waals surface area contributed by atoms with Gasteiger partial charge in [-0.2, -0.15) is 0 Å². The summed E-state index contributed by atoms with van der Waals surface area (Å²) in [6, 6.07) is 0.658. The van der Waals surface area contributed by atoms with Crippen LogP contribution in [0.2, 0.25) is 0 Å². The van der Waals surface area contributed by atoms with Gasteiger partial charge in [-0.05, 0) is 12.8 Å². The van der Waals surface area contributed by atoms with E-state index in [1.54, 1.807) is 6.20 Å². The number of aliphatic hydroxyl groups is 1. The summed E-state index contributed by atoms with van der Waals surface area (Å²) in [6.45, 7) is 0.678. The maximum atomic E-state index is 9.71. The molecule has 1 aromatic rings. The van der Waals surface area contributed by atoms with E-state index in [0.29, 0.717) is 19.0 Å². The first-order valence-corrected chi connectivity index (χ1v) is 5.13. The minimum absolute atomic E-state index is 0.322. The summed E-state index contributed by atoms with van der Waals surface area (Å²) >= 11 is 0. The maximum Gasteiger partial charge on any atom is 0.111 e. The third kappa shape index (κ3) is 2.56. The molecule has 1 aliphatic carbocycles. The second-order valence-corrected chi connectivity index (χ2v) is 3.99. The Morgan fingerprint density at radius 2 is 2.50 bits per heavy atom. The summed E-state index contributed by atoms with van der Waals surface area (Å²) in [5.41, 5.74) is 0. The van der Waals surface area contributed by atoms with Crippen LogP contribution in [0.5, 0.6) is 0 Å². The summed E-state index contributed by atoms with van der Waals surface area (Å²) in [6.07, 6.45) is 6.48. The van der Waals surface area contributed by atoms with Gasteiger partial charge < -0.3 is 15.0 Å². The number of imidazole rings is 1. The van der Waals surface area contributed by atoms with Gasteiger partial charge in [0.15, 0.2) is 0 Å². The van der Waals surface area contributed by atoms with E-state index in [-0.39, 0.29) is 6.10 Å². The molecule has 1 fully saturated rings. The van der Waals surface area contributed by atoms with Gasteiger partial charge in [-0.1, -0.05) is 0 Å². The Labute approximate surface area is 84.0 Å². The van der Waals surface area contributed by atoms with Crippen LogP contribution in [0.15, 0.2) is 12.4 Å². The molecule has 0 radical (unpaired) electrons. The normalized spacial score (nSPS) is 18.4. The quantitative estimate of drug-likeness (QED) is 0.699. The number of hydrogen-bond acceptors (Lipinski definition) is 3. The molecule has 0 amide bonds. The highest BCUT2D eigenvalue weighted by atomic mass is 16.3. The summed E-state index contributed by atoms with van der Waals surface area (Å²) in [7, 11) is 1.95. The zero-order chi connectivity index (χ0) is 9.97. The van der Waals surface area contributed by atoms with Crippen LogP contribution in [0.25, 0.3) is 0 Å². The molecule has 1 aliphatic rings. The zero-order valence-electron chi connectivity index (χ0n) is 8.48. The third-order valence-electron chi connectivity index (χ3n) is 2.56. The first-order valence-electron chi connectivity index (χ1n) is 5.13. The molecule has 4 nitrogen and oxygen atoms in total. The predicted molar refractivity (Wildman–Crippen MR) is 53.9 cm³/mol. The Morgan fingerprint density at radius 3 is 3.07 bits per heavy atom. The minimum atomic E-state index is -0.322. The average molecular weight is 195 g/mol. The Bertz CT molecular complexity index is 293. The van der Waals surface area contributed by atoms with Crippen molar-refractivity contribution in [1.82, 2.24) is 14.9 Å². The van der Waals surface area contributed by atoms with Crippen LogP contribution in [0.4, 0.5) is 0 Å². The number of aliphatic hydroxyl groups excluding tert-OH is 1. The second kappa shape index (κ2) is 4.11. The number of nitrogens with one attached hydrogen (secondary N) is 1. The van der Waals surface area contributed by atoms with Gasteiger partial charge in [0.2, 0.25) is 0 Å². The Morgan fingerprint density at radius 1 is 1.71 bits per heavy atom. The SMILES string of the molecule is Cn1ccnc1CC(O)CNC1CC1. The van der Waals surface area contributed by atoms with E-state index in [4.69, 9.17) is 0 Å². The largest absolute Gasteiger partial charge is 0.391 e. The molecular formula is C10H17N3O. The second-order valence-electron chi connectivity index (χ2n) is 3.99. The van der Waals surface area contributed by atoms with Crippen LogP contribution in [0.3, 0.4) is 0 Å². The molecule has 0 aliphatic heterocycles. The van der Waals surface area contributed by atoms with E-state index < -0.39 is 0 Å². The van der Waals surface area contributed by atoms with Crippen LogP contribution >= 0.6 is 0 Å². The lowest BCUT2D eigenvalue weighted by atomic mass is 10.2. The smallest absolute Gasteiger partial charge is 0.111 e. The fourth-order valence-corrected chi connectivity index (χ4v) is 1.47. The van der Waals surface area contributed by atoms with Gasteiger partial charge in [0, 0.05) is 38.4 Å². The molecule has 0 bridgehead atoms. The van der Waals surface area contributed by atoms with Gasteiger partial charge >= 0.3 is 0 Å². The first-order chi connectivity index (χ1) is 6.75. The summed E-state index contributed by atoms with van der Waals surface area (Å²) in [5, 5.41) is 13.0. The van der Waals surface area contributed by atoms with Gasteiger partial charge in [-0.15, -0.1) is 0 Å². The summed E-state index contributed by atoms with van der Waals surface area (Å²) < 4.78 is 1.94. The van der Waals surface area contributed by atoms with Gasteiger partial charge in [0.05, 0.1) is 6.10 Å². The van der Waals surface area contributed by atoms with E-state index in [1.165, 1.54) is 12.8 Å². The lowest BCUT2D eigenvalue weighted by Gasteiger charge is -2.10. The van der Waals surface area contributed by atoms with Crippen LogP contribution in [-0.2, 0) is 13.5 Å². The van der Waals surface area contributed by atoms with Crippen molar-refractivity contribution in [3.8, 4) is 0 Å². The monoisotopic (exact) mass is 195 g/mol. The molecule has 2 rings (SSSR count). The third-order valence-corrected chi connectivity index (χ3v) is 2.56. The van der Waals surface area contributed by atoms with E-state index >= 15 is 0 Å². The number of hydrogen-bond donors (Lipinski definition) is 2. The standard InChI is InChI=1S/C10H17N3O/c1-13-5-4-11-10(13)6-9(14)7-12-8-2-3-8/h4-5,8-9,12,14H,2-3,6-7H2,1H3. The van der Waals surface area contributed by atoms with Crippen molar-refractivity contribution in [3.05, 3.63) is 18.2 Å². The fraction of sp³-hybridized carbons (Fsp3) is 0.700. The molecular weight excluding hydrogens is 178 g/mol. The molecule has 1 atom stereocenters. The van der Waals surface area contributed by atoms with E-state index in [0.717, 1.165) is 5.82 Å². The van der Waals surface area contributed by atoms with Crippen LogP contribution < -0.4 is 5.32 Å². The molecule has 0 saturated heterocycles. The van der Waals surface area contributed by atoms with Gasteiger partial charge in [-0.25, -0.2) is 4.98 Å². The van der Waals surface area contributed by atoms with Crippen molar-refractivity contribution in [1.29, 1.82) is 0 Å². The highest BCUT2D eigenvalue weighted by Crippen LogP contribution is 2.18. The highest BCUT2D eigenvalue weighted by molar-refractivity contribution is 4.93. The topological polar surface area (TPSA) is 50.1 Å². The molecule has 0 spiro atoms. The molecule has 14 heavy (non-hydrogen) atoms. The van der Waals surface area contributed by atoms with Gasteiger partial charge in [0.25, 0.3) is 0 Å². The fourth-order valence-electron chi connectivity index (χ4n) is 1.47. The molecule has 2 N–H and O–H groups in total. The van der Waals surface area contributed by atoms with Crippen LogP contribution in [0.1, 0.15) is 18.7 Å². The van der Waals surface area contributed by atoms with Crippen molar-refractivity contribution < 1.29 is 5.11 Å². The molecule has 1 aromatic heterocycles. The minimum Gasteiger partial charge on any atom is -0.391 e. The summed E-state index contributed by atoms with van der Waals surface area (Å²) in [5.74, 6) is 0.940. The lowest BCUT2D eigenvalue weighted by Crippen LogP contribution is -2.30. The maximum absolute atomic E-state index is 9.71. The number of aromatic nitrogens is 2. The molecule has 1 saturated carbocycles. The number of aryl methyl sites for hydroxylation is 1. The lowest BCUT2D eigenvalue weighted by molar-refractivity contribution is 0.168. The Balaban J connectivity index is 1.75. The van der Waals surface area contributed by atoms with Gasteiger partial charge in [-0.3, -0.25) is 0 Å². The van der Waals surface area contributed by atoms with Crippen LogP contribution in [-0.4, -0.2) is 33.3 Å². The highest BCUT2D eigenvalue weighted by Gasteiger charge is 2.21. The van der Waals surface area contributed by atoms with Crippen molar-refractivity contribution in [3.63, 3.8) is 0 Å². The van der Waals surface area contributed by atoms with Crippen LogP contribution in [0, 0.1) is 0 Å². The van der Waals surface area contributed by atoms with Gasteiger partial charge in [0.1, 0.15) is 5.82 Å². The Kier molecular flexibility index (Phi) is 2.84. The molecule has 1 heterocycles. The van der Waals surface area contributed by atoms with E-state index in [1.807, 2.05) is 17.8 Å². The predicted octanol–water partition coefficient (Wildman–Crippen LogP) is 0.0755. The van der Waals surface area contributed by atoms with E-state index in [2.05, 4.69) is 10.3 Å². The van der Waals surface area contributed by atoms with Crippen molar-refractivity contribution in [2.24, 2.45) is 7.05 Å². The first kappa shape index (κ1) is 9.68. The average Bonchev–Trinajstić information content (AvgIpc) is 2.90. The van der Waals surface area contributed by atoms with Crippen molar-refractivity contribution in [2.45, 2.75) is 31.4 Å². The van der Waals surface area contributed by atoms with Crippen molar-refractivity contribution in [2.75, 3.05) is 6.54 Å². The molecule has 78 valence electrons. The molecule has 1 unspecified atom stereocenters. The van der Waals surface area contributed by atoms with Crippen molar-refractivity contribution >= 4 is 0 Å². The number of nitrogens with zero attached hydrogens (tertiary/aromatic N) is 2. The number of rotatable bonds is 5. The Hall–Kier alpha value is -0.870. The molecule has 0 aromatic carbocycles. The summed E-state index contributed by atoms with van der Waals surface area (Å²) in [4.78, 5) is 4.17. The zero-order valence-corrected chi connectivity index (χ0v) is 8.48. The molecule has 4 heteroatoms. The van der Waals surface area contributed by atoms with E-state index in [9.17, 15) is 5.11 Å².